The van der Waals surface area contributed by atoms with Gasteiger partial charge < -0.3 is 9.47 Å². The average Bonchev–Trinajstić information content (AvgIpc) is 2.02. The molecule has 0 aromatic heterocycles. The molecule has 0 atom stereocenters. The van der Waals surface area contributed by atoms with Gasteiger partial charge in [-0.15, -0.1) is 0 Å². The number of rotatable bonds is 3. The summed E-state index contributed by atoms with van der Waals surface area (Å²) in [4.78, 5) is 0. The number of benzene rings is 1. The van der Waals surface area contributed by atoms with Crippen LogP contribution in [0.1, 0.15) is 0 Å². The van der Waals surface area contributed by atoms with Crippen molar-refractivity contribution in [3.63, 3.8) is 0 Å². The molecule has 0 radical (unpaired) electrons. The Bertz CT molecular complexity index is 281. The molecule has 0 aliphatic rings. The molecule has 1 aromatic rings. The molecule has 0 spiro atoms. The van der Waals surface area contributed by atoms with Crippen molar-refractivity contribution < 1.29 is 9.47 Å². The Balaban J connectivity index is 2.92. The van der Waals surface area contributed by atoms with Crippen molar-refractivity contribution in [1.82, 2.24) is 0 Å². The zero-order valence-electron chi connectivity index (χ0n) is 6.81. The number of hydrogen-bond acceptors (Lipinski definition) is 2. The van der Waals surface area contributed by atoms with Gasteiger partial charge in [-0.25, -0.2) is 0 Å². The first-order chi connectivity index (χ1) is 6.15. The molecule has 0 aliphatic heterocycles. The van der Waals surface area contributed by atoms with Crippen LogP contribution < -0.4 is 4.74 Å². The van der Waals surface area contributed by atoms with Crippen molar-refractivity contribution in [3.05, 3.63) is 23.7 Å². The van der Waals surface area contributed by atoms with E-state index < -0.39 is 0 Å². The molecule has 1 rings (SSSR count). The molecule has 0 saturated carbocycles. The van der Waals surface area contributed by atoms with E-state index in [4.69, 9.17) is 9.47 Å². The summed E-state index contributed by atoms with van der Waals surface area (Å²) in [7, 11) is 1.61. The van der Waals surface area contributed by atoms with Crippen LogP contribution in [0.5, 0.6) is 5.75 Å². The van der Waals surface area contributed by atoms with Crippen molar-refractivity contribution in [2.45, 2.75) is 0 Å². The maximum atomic E-state index is 5.41. The van der Waals surface area contributed by atoms with Crippen LogP contribution in [0.2, 0.25) is 0 Å². The van der Waals surface area contributed by atoms with Crippen LogP contribution in [0.3, 0.4) is 0 Å². The summed E-state index contributed by atoms with van der Waals surface area (Å²) in [5, 5.41) is 0. The Morgan fingerprint density at radius 1 is 1.31 bits per heavy atom. The first-order valence-electron chi connectivity index (χ1n) is 3.41. The molecule has 1 aromatic carbocycles. The minimum Gasteiger partial charge on any atom is -0.465 e. The molecule has 0 bridgehead atoms. The SMILES string of the molecule is COCOc1c(I)cc(Br)cc1I. The summed E-state index contributed by atoms with van der Waals surface area (Å²) in [6.07, 6.45) is 0. The smallest absolute Gasteiger partial charge is 0.188 e. The van der Waals surface area contributed by atoms with Gasteiger partial charge in [-0.1, -0.05) is 15.9 Å². The second-order valence-electron chi connectivity index (χ2n) is 2.25. The number of ether oxygens (including phenoxy) is 2. The predicted octanol–water partition coefficient (Wildman–Crippen LogP) is 3.64. The molecule has 0 saturated heterocycles. The lowest BCUT2D eigenvalue weighted by Gasteiger charge is -2.09. The Morgan fingerprint density at radius 3 is 2.31 bits per heavy atom. The number of hydrogen-bond donors (Lipinski definition) is 0. The summed E-state index contributed by atoms with van der Waals surface area (Å²) in [6.45, 7) is 0.285. The van der Waals surface area contributed by atoms with Gasteiger partial charge in [0.2, 0.25) is 0 Å². The van der Waals surface area contributed by atoms with Crippen LogP contribution in [0.15, 0.2) is 16.6 Å². The van der Waals surface area contributed by atoms with Gasteiger partial charge in [-0.2, -0.15) is 0 Å². The van der Waals surface area contributed by atoms with Crippen molar-refractivity contribution >= 4 is 61.1 Å². The summed E-state index contributed by atoms with van der Waals surface area (Å²) in [6, 6.07) is 4.02. The number of halogens is 3. The molecule has 0 fully saturated rings. The highest BCUT2D eigenvalue weighted by molar-refractivity contribution is 14.1. The van der Waals surface area contributed by atoms with E-state index in [0.717, 1.165) is 17.4 Å². The van der Waals surface area contributed by atoms with Gasteiger partial charge in [0, 0.05) is 11.6 Å². The Hall–Kier alpha value is 0.920. The summed E-state index contributed by atoms with van der Waals surface area (Å²) in [5.41, 5.74) is 0. The zero-order valence-corrected chi connectivity index (χ0v) is 12.7. The van der Waals surface area contributed by atoms with E-state index in [0.29, 0.717) is 0 Å². The lowest BCUT2D eigenvalue weighted by molar-refractivity contribution is 0.0499. The van der Waals surface area contributed by atoms with E-state index in [1.165, 1.54) is 0 Å². The zero-order chi connectivity index (χ0) is 9.84. The van der Waals surface area contributed by atoms with Gasteiger partial charge in [0.15, 0.2) is 6.79 Å². The highest BCUT2D eigenvalue weighted by Crippen LogP contribution is 2.30. The fraction of sp³-hybridized carbons (Fsp3) is 0.250. The third kappa shape index (κ3) is 3.52. The molecule has 0 amide bonds. The average molecular weight is 469 g/mol. The first-order valence-corrected chi connectivity index (χ1v) is 6.36. The van der Waals surface area contributed by atoms with E-state index >= 15 is 0 Å². The Morgan fingerprint density at radius 2 is 1.85 bits per heavy atom. The van der Waals surface area contributed by atoms with Gasteiger partial charge in [0.25, 0.3) is 0 Å². The normalized spacial score (nSPS) is 10.2. The van der Waals surface area contributed by atoms with Crippen molar-refractivity contribution in [1.29, 1.82) is 0 Å². The standard InChI is InChI=1S/C8H7BrI2O2/c1-12-4-13-8-6(10)2-5(9)3-7(8)11/h2-3H,4H2,1H3. The summed E-state index contributed by atoms with van der Waals surface area (Å²) in [5.74, 6) is 0.881. The van der Waals surface area contributed by atoms with Gasteiger partial charge >= 0.3 is 0 Å². The Labute approximate surface area is 113 Å². The molecule has 5 heteroatoms. The Kier molecular flexibility index (Phi) is 5.27. The lowest BCUT2D eigenvalue weighted by atomic mass is 10.3. The quantitative estimate of drug-likeness (QED) is 0.498. The summed E-state index contributed by atoms with van der Waals surface area (Å²) < 4.78 is 13.5. The molecule has 0 aliphatic carbocycles. The van der Waals surface area contributed by atoms with Gasteiger partial charge in [-0.3, -0.25) is 0 Å². The van der Waals surface area contributed by atoms with Crippen LogP contribution in [0.4, 0.5) is 0 Å². The van der Waals surface area contributed by atoms with Crippen LogP contribution in [0, 0.1) is 7.14 Å². The van der Waals surface area contributed by atoms with Crippen LogP contribution in [-0.2, 0) is 4.74 Å². The summed E-state index contributed by atoms with van der Waals surface area (Å²) >= 11 is 7.89. The second kappa shape index (κ2) is 5.72. The molecule has 2 nitrogen and oxygen atoms in total. The highest BCUT2D eigenvalue weighted by Gasteiger charge is 2.07. The fourth-order valence-corrected chi connectivity index (χ4v) is 4.18. The van der Waals surface area contributed by atoms with E-state index in [9.17, 15) is 0 Å². The van der Waals surface area contributed by atoms with E-state index in [2.05, 4.69) is 61.1 Å². The first kappa shape index (κ1) is 12.0. The van der Waals surface area contributed by atoms with Gasteiger partial charge in [0.1, 0.15) is 5.75 Å². The maximum absolute atomic E-state index is 5.41. The van der Waals surface area contributed by atoms with E-state index in [1.54, 1.807) is 7.11 Å². The minimum atomic E-state index is 0.285. The molecule has 0 heterocycles. The molecule has 0 N–H and O–H groups in total. The number of methoxy groups -OCH3 is 1. The lowest BCUT2D eigenvalue weighted by Crippen LogP contribution is -2.01. The van der Waals surface area contributed by atoms with Crippen molar-refractivity contribution in [2.75, 3.05) is 13.9 Å². The second-order valence-corrected chi connectivity index (χ2v) is 5.49. The highest BCUT2D eigenvalue weighted by atomic mass is 127. The van der Waals surface area contributed by atoms with E-state index in [1.807, 2.05) is 12.1 Å². The molecule has 0 unspecified atom stereocenters. The van der Waals surface area contributed by atoms with Crippen LogP contribution in [0.25, 0.3) is 0 Å². The van der Waals surface area contributed by atoms with Crippen LogP contribution in [-0.4, -0.2) is 13.9 Å². The van der Waals surface area contributed by atoms with Gasteiger partial charge in [-0.05, 0) is 57.3 Å². The molecular weight excluding hydrogens is 462 g/mol. The van der Waals surface area contributed by atoms with Crippen molar-refractivity contribution in [2.24, 2.45) is 0 Å². The van der Waals surface area contributed by atoms with Gasteiger partial charge in [0.05, 0.1) is 7.14 Å². The molecule has 13 heavy (non-hydrogen) atoms. The monoisotopic (exact) mass is 468 g/mol. The predicted molar refractivity (Wildman–Crippen MR) is 72.1 cm³/mol. The molecular formula is C8H7BrI2O2. The maximum Gasteiger partial charge on any atom is 0.188 e. The third-order valence-corrected chi connectivity index (χ3v) is 3.34. The topological polar surface area (TPSA) is 18.5 Å². The largest absolute Gasteiger partial charge is 0.465 e. The minimum absolute atomic E-state index is 0.285. The van der Waals surface area contributed by atoms with Crippen molar-refractivity contribution in [3.8, 4) is 5.75 Å². The molecule has 72 valence electrons. The fourth-order valence-electron chi connectivity index (χ4n) is 0.785. The third-order valence-electron chi connectivity index (χ3n) is 1.28. The van der Waals surface area contributed by atoms with Crippen LogP contribution >= 0.6 is 61.1 Å². The van der Waals surface area contributed by atoms with E-state index in [-0.39, 0.29) is 6.79 Å².